The van der Waals surface area contributed by atoms with E-state index in [9.17, 15) is 4.79 Å². The van der Waals surface area contributed by atoms with E-state index in [0.717, 1.165) is 40.0 Å². The summed E-state index contributed by atoms with van der Waals surface area (Å²) >= 11 is 6.20. The van der Waals surface area contributed by atoms with Crippen molar-refractivity contribution >= 4 is 29.2 Å². The molecule has 0 fully saturated rings. The van der Waals surface area contributed by atoms with Crippen molar-refractivity contribution in [1.82, 2.24) is 14.6 Å². The molecule has 6 nitrogen and oxygen atoms in total. The number of aromatic nitrogens is 3. The zero-order valence-electron chi connectivity index (χ0n) is 15.9. The summed E-state index contributed by atoms with van der Waals surface area (Å²) in [5, 5.41) is 14.2. The van der Waals surface area contributed by atoms with Gasteiger partial charge in [-0.15, -0.1) is 0 Å². The van der Waals surface area contributed by atoms with E-state index in [1.807, 2.05) is 28.8 Å². The van der Waals surface area contributed by atoms with Crippen LogP contribution in [0.15, 0.2) is 36.7 Å². The topological polar surface area (TPSA) is 76.7 Å². The predicted octanol–water partition coefficient (Wildman–Crippen LogP) is 4.64. The molecular weight excluding hydrogens is 378 g/mol. The van der Waals surface area contributed by atoms with E-state index in [1.165, 1.54) is 0 Å². The lowest BCUT2D eigenvalue weighted by atomic mass is 9.99. The van der Waals surface area contributed by atoms with Crippen molar-refractivity contribution in [2.75, 3.05) is 7.11 Å². The minimum absolute atomic E-state index is 0.0744. The van der Waals surface area contributed by atoms with Crippen molar-refractivity contribution in [2.24, 2.45) is 0 Å². The lowest BCUT2D eigenvalue weighted by Gasteiger charge is -2.15. The number of fused-ring (bicyclic) bond motifs is 1. The minimum Gasteiger partial charge on any atom is -0.481 e. The van der Waals surface area contributed by atoms with Gasteiger partial charge in [-0.1, -0.05) is 30.7 Å². The quantitative estimate of drug-likeness (QED) is 0.597. The molecule has 0 aliphatic rings. The number of carboxylic acid groups (broad SMARTS) is 1. The average molecular weight is 400 g/mol. The Morgan fingerprint density at radius 3 is 2.86 bits per heavy atom. The smallest absolute Gasteiger partial charge is 0.303 e. The van der Waals surface area contributed by atoms with Gasteiger partial charge in [-0.05, 0) is 31.0 Å². The lowest BCUT2D eigenvalue weighted by Crippen LogP contribution is -2.07. The second-order valence-electron chi connectivity index (χ2n) is 6.37. The number of allylic oxidation sites excluding steroid dienone is 1. The fourth-order valence-corrected chi connectivity index (χ4v) is 3.36. The Morgan fingerprint density at radius 1 is 1.36 bits per heavy atom. The van der Waals surface area contributed by atoms with Gasteiger partial charge in [0, 0.05) is 48.3 Å². The fourth-order valence-electron chi connectivity index (χ4n) is 3.19. The molecule has 0 bridgehead atoms. The van der Waals surface area contributed by atoms with E-state index in [1.54, 1.807) is 19.5 Å². The summed E-state index contributed by atoms with van der Waals surface area (Å²) in [6, 6.07) is 5.96. The van der Waals surface area contributed by atoms with Gasteiger partial charge in [0.1, 0.15) is 0 Å². The van der Waals surface area contributed by atoms with E-state index < -0.39 is 5.97 Å². The Hall–Kier alpha value is -2.70. The number of carboxylic acids is 1. The molecular formula is C21H22ClN3O3. The van der Waals surface area contributed by atoms with E-state index in [2.05, 4.69) is 18.0 Å². The normalized spacial score (nSPS) is 11.5. The number of methoxy groups -OCH3 is 1. The largest absolute Gasteiger partial charge is 0.481 e. The van der Waals surface area contributed by atoms with Crippen LogP contribution in [0.5, 0.6) is 0 Å². The summed E-state index contributed by atoms with van der Waals surface area (Å²) in [5.74, 6) is -0.825. The maximum Gasteiger partial charge on any atom is 0.303 e. The number of aliphatic carboxylic acids is 1. The highest BCUT2D eigenvalue weighted by Crippen LogP contribution is 2.33. The minimum atomic E-state index is -0.825. The molecule has 1 N–H and O–H groups in total. The number of halogens is 1. The monoisotopic (exact) mass is 399 g/mol. The van der Waals surface area contributed by atoms with Crippen LogP contribution in [0.2, 0.25) is 5.02 Å². The summed E-state index contributed by atoms with van der Waals surface area (Å²) < 4.78 is 7.31. The van der Waals surface area contributed by atoms with Gasteiger partial charge in [-0.2, -0.15) is 5.10 Å². The first kappa shape index (κ1) is 20.0. The number of pyridine rings is 1. The molecule has 0 saturated carbocycles. The van der Waals surface area contributed by atoms with Gasteiger partial charge >= 0.3 is 5.97 Å². The SMILES string of the molecule is CCc1ccc2c(-c3cncc(Cl)c3)c(/C=C/CCC(=O)O)c(COC)nn12. The van der Waals surface area contributed by atoms with Gasteiger partial charge < -0.3 is 9.84 Å². The average Bonchev–Trinajstić information content (AvgIpc) is 3.07. The zero-order valence-corrected chi connectivity index (χ0v) is 16.6. The molecule has 0 aromatic carbocycles. The van der Waals surface area contributed by atoms with E-state index in [4.69, 9.17) is 26.5 Å². The fraction of sp³-hybridized carbons (Fsp3) is 0.286. The Balaban J connectivity index is 2.25. The molecule has 0 radical (unpaired) electrons. The van der Waals surface area contributed by atoms with Crippen molar-refractivity contribution in [1.29, 1.82) is 0 Å². The molecule has 7 heteroatoms. The number of hydrogen-bond donors (Lipinski definition) is 1. The number of hydrogen-bond acceptors (Lipinski definition) is 4. The summed E-state index contributed by atoms with van der Waals surface area (Å²) in [7, 11) is 1.63. The van der Waals surface area contributed by atoms with Gasteiger partial charge in [0.05, 0.1) is 22.8 Å². The Labute approximate surface area is 168 Å². The first-order valence-corrected chi connectivity index (χ1v) is 9.44. The van der Waals surface area contributed by atoms with Crippen LogP contribution in [0.1, 0.15) is 36.7 Å². The van der Waals surface area contributed by atoms with Gasteiger partial charge in [0.2, 0.25) is 0 Å². The van der Waals surface area contributed by atoms with Gasteiger partial charge in [-0.25, -0.2) is 4.52 Å². The third-order valence-corrected chi connectivity index (χ3v) is 4.64. The predicted molar refractivity (Wildman–Crippen MR) is 109 cm³/mol. The molecule has 0 aliphatic heterocycles. The third-order valence-electron chi connectivity index (χ3n) is 4.44. The Morgan fingerprint density at radius 2 is 2.18 bits per heavy atom. The van der Waals surface area contributed by atoms with Crippen LogP contribution in [0, 0.1) is 0 Å². The van der Waals surface area contributed by atoms with Crippen molar-refractivity contribution < 1.29 is 14.6 Å². The van der Waals surface area contributed by atoms with Gasteiger partial charge in [0.25, 0.3) is 0 Å². The van der Waals surface area contributed by atoms with E-state index in [0.29, 0.717) is 18.1 Å². The molecule has 0 unspecified atom stereocenters. The zero-order chi connectivity index (χ0) is 20.1. The van der Waals surface area contributed by atoms with Crippen LogP contribution >= 0.6 is 11.6 Å². The van der Waals surface area contributed by atoms with Crippen LogP contribution in [0.25, 0.3) is 22.7 Å². The molecule has 0 aliphatic carbocycles. The molecule has 0 amide bonds. The molecule has 3 aromatic rings. The van der Waals surface area contributed by atoms with Crippen molar-refractivity contribution in [3.05, 3.63) is 58.6 Å². The molecule has 0 spiro atoms. The van der Waals surface area contributed by atoms with E-state index >= 15 is 0 Å². The van der Waals surface area contributed by atoms with Crippen LogP contribution in [-0.4, -0.2) is 32.8 Å². The lowest BCUT2D eigenvalue weighted by molar-refractivity contribution is -0.136. The van der Waals surface area contributed by atoms with Crippen LogP contribution in [0.4, 0.5) is 0 Å². The Bertz CT molecular complexity index is 1030. The van der Waals surface area contributed by atoms with Crippen LogP contribution in [-0.2, 0) is 22.6 Å². The number of aryl methyl sites for hydroxylation is 1. The summed E-state index contributed by atoms with van der Waals surface area (Å²) in [4.78, 5) is 15.1. The highest BCUT2D eigenvalue weighted by Gasteiger charge is 2.17. The van der Waals surface area contributed by atoms with Gasteiger partial charge in [0.15, 0.2) is 0 Å². The van der Waals surface area contributed by atoms with Crippen LogP contribution < -0.4 is 0 Å². The molecule has 28 heavy (non-hydrogen) atoms. The summed E-state index contributed by atoms with van der Waals surface area (Å²) in [6.07, 6.45) is 8.48. The van der Waals surface area contributed by atoms with E-state index in [-0.39, 0.29) is 6.42 Å². The number of carbonyl (C=O) groups is 1. The first-order chi connectivity index (χ1) is 13.5. The second kappa shape index (κ2) is 8.99. The highest BCUT2D eigenvalue weighted by molar-refractivity contribution is 6.30. The van der Waals surface area contributed by atoms with Crippen molar-refractivity contribution in [3.63, 3.8) is 0 Å². The summed E-state index contributed by atoms with van der Waals surface area (Å²) in [5.41, 5.74) is 5.50. The van der Waals surface area contributed by atoms with Crippen molar-refractivity contribution in [2.45, 2.75) is 32.8 Å². The van der Waals surface area contributed by atoms with Gasteiger partial charge in [-0.3, -0.25) is 9.78 Å². The maximum absolute atomic E-state index is 10.8. The molecule has 146 valence electrons. The molecule has 0 atom stereocenters. The standard InChI is InChI=1S/C21H22ClN3O3/c1-3-16-8-9-19-21(14-10-15(22)12-23-11-14)17(6-4-5-7-20(26)27)18(13-28-2)24-25(16)19/h4,6,8-12H,3,5,7,13H2,1-2H3,(H,26,27)/b6-4+. The summed E-state index contributed by atoms with van der Waals surface area (Å²) in [6.45, 7) is 2.41. The molecule has 3 rings (SSSR count). The molecule has 3 heterocycles. The molecule has 0 saturated heterocycles. The number of nitrogens with zero attached hydrogens (tertiary/aromatic N) is 3. The number of rotatable bonds is 8. The maximum atomic E-state index is 10.8. The van der Waals surface area contributed by atoms with Crippen molar-refractivity contribution in [3.8, 4) is 11.1 Å². The first-order valence-electron chi connectivity index (χ1n) is 9.06. The number of ether oxygens (including phenoxy) is 1. The highest BCUT2D eigenvalue weighted by atomic mass is 35.5. The van der Waals surface area contributed by atoms with Crippen LogP contribution in [0.3, 0.4) is 0 Å². The second-order valence-corrected chi connectivity index (χ2v) is 6.81. The molecule has 3 aromatic heterocycles. The Kier molecular flexibility index (Phi) is 6.44. The third kappa shape index (κ3) is 4.24.